The topological polar surface area (TPSA) is 54.6 Å². The maximum atomic E-state index is 11.6. The van der Waals surface area contributed by atoms with Crippen molar-refractivity contribution >= 4 is 44.0 Å². The molecule has 0 radical (unpaired) electrons. The number of hydrazone groups is 1. The summed E-state index contributed by atoms with van der Waals surface area (Å²) in [6.45, 7) is 0. The summed E-state index contributed by atoms with van der Waals surface area (Å²) in [7, 11) is 0. The van der Waals surface area contributed by atoms with Crippen LogP contribution in [-0.2, 0) is 0 Å². The molecule has 1 aromatic heterocycles. The van der Waals surface area contributed by atoms with Gasteiger partial charge in [0.25, 0.3) is 0 Å². The Kier molecular flexibility index (Phi) is 4.33. The van der Waals surface area contributed by atoms with Gasteiger partial charge in [0.2, 0.25) is 0 Å². The molecule has 0 spiro atoms. The fraction of sp³-hybridized carbons (Fsp3) is 0. The standard InChI is InChI=1S/C12H8Br2N2O2/c13-9-3-1-2-8(6-9)7-15-16-12(17)10-4-5-11(14)18-10/h1-7H,(H,16,17). The van der Waals surface area contributed by atoms with Crippen molar-refractivity contribution in [1.29, 1.82) is 0 Å². The zero-order valence-corrected chi connectivity index (χ0v) is 12.2. The van der Waals surface area contributed by atoms with Gasteiger partial charge in [0.05, 0.1) is 6.21 Å². The third kappa shape index (κ3) is 3.54. The highest BCUT2D eigenvalue weighted by molar-refractivity contribution is 9.10. The highest BCUT2D eigenvalue weighted by Crippen LogP contribution is 2.13. The van der Waals surface area contributed by atoms with Gasteiger partial charge in [-0.2, -0.15) is 5.10 Å². The molecule has 2 rings (SSSR count). The van der Waals surface area contributed by atoms with Crippen LogP contribution in [0, 0.1) is 0 Å². The summed E-state index contributed by atoms with van der Waals surface area (Å²) in [4.78, 5) is 11.6. The lowest BCUT2D eigenvalue weighted by atomic mass is 10.2. The number of rotatable bonds is 3. The van der Waals surface area contributed by atoms with E-state index in [1.54, 1.807) is 18.3 Å². The molecule has 0 aliphatic heterocycles. The van der Waals surface area contributed by atoms with E-state index in [-0.39, 0.29) is 5.76 Å². The minimum absolute atomic E-state index is 0.202. The average molecular weight is 372 g/mol. The van der Waals surface area contributed by atoms with Crippen LogP contribution in [0.15, 0.2) is 55.1 Å². The molecule has 92 valence electrons. The highest BCUT2D eigenvalue weighted by atomic mass is 79.9. The lowest BCUT2D eigenvalue weighted by Gasteiger charge is -1.96. The van der Waals surface area contributed by atoms with Crippen molar-refractivity contribution in [3.8, 4) is 0 Å². The van der Waals surface area contributed by atoms with E-state index in [9.17, 15) is 4.79 Å². The third-order valence-corrected chi connectivity index (χ3v) is 2.94. The molecule has 0 atom stereocenters. The molecular formula is C12H8Br2N2O2. The SMILES string of the molecule is O=C(NN=Cc1cccc(Br)c1)c1ccc(Br)o1. The first kappa shape index (κ1) is 13.0. The van der Waals surface area contributed by atoms with Crippen LogP contribution in [0.25, 0.3) is 0 Å². The third-order valence-electron chi connectivity index (χ3n) is 2.03. The molecule has 6 heteroatoms. The Labute approximate surface area is 120 Å². The molecule has 1 aromatic carbocycles. The summed E-state index contributed by atoms with van der Waals surface area (Å²) < 4.78 is 6.55. The van der Waals surface area contributed by atoms with Crippen molar-refractivity contribution < 1.29 is 9.21 Å². The lowest BCUT2D eigenvalue weighted by molar-refractivity contribution is 0.0926. The second-order valence-electron chi connectivity index (χ2n) is 3.36. The van der Waals surface area contributed by atoms with E-state index in [2.05, 4.69) is 42.4 Å². The van der Waals surface area contributed by atoms with Crippen molar-refractivity contribution in [1.82, 2.24) is 5.43 Å². The van der Waals surface area contributed by atoms with Crippen LogP contribution >= 0.6 is 31.9 Å². The second kappa shape index (κ2) is 5.97. The van der Waals surface area contributed by atoms with Crippen LogP contribution in [0.4, 0.5) is 0 Å². The molecule has 0 saturated heterocycles. The van der Waals surface area contributed by atoms with Gasteiger partial charge in [-0.25, -0.2) is 5.43 Å². The minimum atomic E-state index is -0.396. The van der Waals surface area contributed by atoms with Crippen molar-refractivity contribution in [2.24, 2.45) is 5.10 Å². The quantitative estimate of drug-likeness (QED) is 0.662. The van der Waals surface area contributed by atoms with Crippen molar-refractivity contribution in [3.05, 3.63) is 56.9 Å². The number of carbonyl (C=O) groups excluding carboxylic acids is 1. The Hall–Kier alpha value is -1.40. The molecule has 4 nitrogen and oxygen atoms in total. The number of furan rings is 1. The Bertz CT molecular complexity index is 593. The summed E-state index contributed by atoms with van der Waals surface area (Å²) in [5.74, 6) is -0.194. The van der Waals surface area contributed by atoms with Crippen LogP contribution in [0.5, 0.6) is 0 Å². The number of benzene rings is 1. The average Bonchev–Trinajstić information content (AvgIpc) is 2.76. The van der Waals surface area contributed by atoms with Crippen LogP contribution < -0.4 is 5.43 Å². The zero-order chi connectivity index (χ0) is 13.0. The minimum Gasteiger partial charge on any atom is -0.444 e. The maximum Gasteiger partial charge on any atom is 0.307 e. The summed E-state index contributed by atoms with van der Waals surface area (Å²) >= 11 is 6.48. The number of hydrogen-bond acceptors (Lipinski definition) is 3. The summed E-state index contributed by atoms with van der Waals surface area (Å²) in [5.41, 5.74) is 3.26. The van der Waals surface area contributed by atoms with Crippen LogP contribution in [-0.4, -0.2) is 12.1 Å². The molecule has 0 aliphatic rings. The molecule has 1 heterocycles. The molecule has 1 N–H and O–H groups in total. The molecule has 18 heavy (non-hydrogen) atoms. The van der Waals surface area contributed by atoms with Gasteiger partial charge in [0, 0.05) is 4.47 Å². The fourth-order valence-corrected chi connectivity index (χ4v) is 1.97. The first-order chi connectivity index (χ1) is 8.65. The lowest BCUT2D eigenvalue weighted by Crippen LogP contribution is -2.16. The van der Waals surface area contributed by atoms with Gasteiger partial charge >= 0.3 is 5.91 Å². The molecular weight excluding hydrogens is 364 g/mol. The van der Waals surface area contributed by atoms with Crippen LogP contribution in [0.1, 0.15) is 16.1 Å². The van der Waals surface area contributed by atoms with E-state index in [0.717, 1.165) is 10.0 Å². The molecule has 0 bridgehead atoms. The molecule has 0 aliphatic carbocycles. The van der Waals surface area contributed by atoms with Crippen LogP contribution in [0.3, 0.4) is 0 Å². The first-order valence-corrected chi connectivity index (χ1v) is 6.58. The summed E-state index contributed by atoms with van der Waals surface area (Å²) in [6, 6.07) is 10.8. The van der Waals surface area contributed by atoms with Crippen molar-refractivity contribution in [2.45, 2.75) is 0 Å². The van der Waals surface area contributed by atoms with E-state index in [0.29, 0.717) is 4.67 Å². The number of nitrogens with zero attached hydrogens (tertiary/aromatic N) is 1. The smallest absolute Gasteiger partial charge is 0.307 e. The van der Waals surface area contributed by atoms with E-state index in [1.165, 1.54) is 0 Å². The normalized spacial score (nSPS) is 10.8. The monoisotopic (exact) mass is 370 g/mol. The van der Waals surface area contributed by atoms with Gasteiger partial charge in [-0.3, -0.25) is 4.79 Å². The van der Waals surface area contributed by atoms with E-state index in [4.69, 9.17) is 4.42 Å². The Morgan fingerprint density at radius 3 is 2.78 bits per heavy atom. The fourth-order valence-electron chi connectivity index (χ4n) is 1.24. The predicted octanol–water partition coefficient (Wildman–Crippen LogP) is 3.57. The molecule has 0 unspecified atom stereocenters. The van der Waals surface area contributed by atoms with Gasteiger partial charge in [-0.15, -0.1) is 0 Å². The van der Waals surface area contributed by atoms with E-state index < -0.39 is 5.91 Å². The molecule has 0 saturated carbocycles. The molecule has 0 fully saturated rings. The van der Waals surface area contributed by atoms with E-state index in [1.807, 2.05) is 24.3 Å². The van der Waals surface area contributed by atoms with Gasteiger partial charge in [-0.1, -0.05) is 28.1 Å². The maximum absolute atomic E-state index is 11.6. The molecule has 1 amide bonds. The highest BCUT2D eigenvalue weighted by Gasteiger charge is 2.08. The summed E-state index contributed by atoms with van der Waals surface area (Å²) in [5, 5.41) is 3.85. The predicted molar refractivity (Wildman–Crippen MR) is 75.6 cm³/mol. The van der Waals surface area contributed by atoms with E-state index >= 15 is 0 Å². The largest absolute Gasteiger partial charge is 0.444 e. The van der Waals surface area contributed by atoms with Crippen molar-refractivity contribution in [2.75, 3.05) is 0 Å². The van der Waals surface area contributed by atoms with Crippen molar-refractivity contribution in [3.63, 3.8) is 0 Å². The Morgan fingerprint density at radius 2 is 2.11 bits per heavy atom. The number of carbonyl (C=O) groups is 1. The zero-order valence-electron chi connectivity index (χ0n) is 9.06. The number of amides is 1. The second-order valence-corrected chi connectivity index (χ2v) is 5.06. The number of hydrogen-bond donors (Lipinski definition) is 1. The van der Waals surface area contributed by atoms with Gasteiger partial charge in [-0.05, 0) is 45.8 Å². The summed E-state index contributed by atoms with van der Waals surface area (Å²) in [6.07, 6.45) is 1.56. The number of nitrogens with one attached hydrogen (secondary N) is 1. The first-order valence-electron chi connectivity index (χ1n) is 4.99. The van der Waals surface area contributed by atoms with Gasteiger partial charge in [0.15, 0.2) is 10.4 Å². The Morgan fingerprint density at radius 1 is 1.28 bits per heavy atom. The Balaban J connectivity index is 1.97. The van der Waals surface area contributed by atoms with Gasteiger partial charge < -0.3 is 4.42 Å². The molecule has 2 aromatic rings. The van der Waals surface area contributed by atoms with Gasteiger partial charge in [0.1, 0.15) is 0 Å². The number of halogens is 2. The van der Waals surface area contributed by atoms with Crippen LogP contribution in [0.2, 0.25) is 0 Å².